The van der Waals surface area contributed by atoms with Crippen LogP contribution in [0, 0.1) is 0 Å². The number of alkyl halides is 2. The van der Waals surface area contributed by atoms with E-state index in [2.05, 4.69) is 9.73 Å². The summed E-state index contributed by atoms with van der Waals surface area (Å²) in [5.41, 5.74) is -0.732. The minimum absolute atomic E-state index is 0.287. The standard InChI is InChI=1S/C6H4ClF2NO3/c7-5-10-1-3(2-13-5)6(8,9)4(11)12/h2H,1H2,(H,11,12). The Morgan fingerprint density at radius 2 is 2.38 bits per heavy atom. The fourth-order valence-electron chi connectivity index (χ4n) is 0.652. The summed E-state index contributed by atoms with van der Waals surface area (Å²) in [6, 6.07) is 0. The third-order valence-electron chi connectivity index (χ3n) is 1.34. The molecular weight excluding hydrogens is 208 g/mol. The topological polar surface area (TPSA) is 58.9 Å². The second-order valence-electron chi connectivity index (χ2n) is 2.21. The van der Waals surface area contributed by atoms with E-state index >= 15 is 0 Å². The van der Waals surface area contributed by atoms with Crippen molar-refractivity contribution in [2.24, 2.45) is 4.99 Å². The van der Waals surface area contributed by atoms with Crippen LogP contribution in [-0.2, 0) is 9.53 Å². The summed E-state index contributed by atoms with van der Waals surface area (Å²) >= 11 is 5.20. The van der Waals surface area contributed by atoms with Crippen molar-refractivity contribution in [3.63, 3.8) is 0 Å². The molecule has 0 aromatic rings. The molecule has 0 aromatic heterocycles. The number of ether oxygens (including phenoxy) is 1. The third-order valence-corrected chi connectivity index (χ3v) is 1.55. The number of carbonyl (C=O) groups is 1. The second-order valence-corrected chi connectivity index (χ2v) is 2.53. The van der Waals surface area contributed by atoms with E-state index in [1.54, 1.807) is 0 Å². The van der Waals surface area contributed by atoms with Crippen molar-refractivity contribution in [1.29, 1.82) is 0 Å². The van der Waals surface area contributed by atoms with Gasteiger partial charge in [0.15, 0.2) is 0 Å². The minimum atomic E-state index is -3.96. The molecule has 1 aliphatic rings. The highest BCUT2D eigenvalue weighted by molar-refractivity contribution is 6.63. The van der Waals surface area contributed by atoms with E-state index in [0.717, 1.165) is 0 Å². The normalized spacial score (nSPS) is 17.2. The molecule has 0 fully saturated rings. The Hall–Kier alpha value is -1.17. The average Bonchev–Trinajstić information content (AvgIpc) is 2.04. The number of carboxylic acids is 1. The van der Waals surface area contributed by atoms with Gasteiger partial charge in [-0.1, -0.05) is 0 Å². The fraction of sp³-hybridized carbons (Fsp3) is 0.333. The predicted molar refractivity (Wildman–Crippen MR) is 39.9 cm³/mol. The zero-order valence-electron chi connectivity index (χ0n) is 6.13. The van der Waals surface area contributed by atoms with Gasteiger partial charge >= 0.3 is 11.9 Å². The lowest BCUT2D eigenvalue weighted by atomic mass is 10.1. The first kappa shape index (κ1) is 9.91. The summed E-state index contributed by atoms with van der Waals surface area (Å²) in [6.45, 7) is -0.474. The molecular formula is C6H4ClF2NO3. The minimum Gasteiger partial charge on any atom is -0.477 e. The molecule has 0 saturated carbocycles. The largest absolute Gasteiger partial charge is 0.477 e. The maximum absolute atomic E-state index is 12.7. The van der Waals surface area contributed by atoms with Gasteiger partial charge in [-0.15, -0.1) is 0 Å². The van der Waals surface area contributed by atoms with Crippen molar-refractivity contribution in [3.05, 3.63) is 11.8 Å². The molecule has 13 heavy (non-hydrogen) atoms. The van der Waals surface area contributed by atoms with E-state index in [4.69, 9.17) is 16.7 Å². The smallest absolute Gasteiger partial charge is 0.379 e. The van der Waals surface area contributed by atoms with Crippen LogP contribution >= 0.6 is 11.6 Å². The molecule has 0 amide bonds. The van der Waals surface area contributed by atoms with Gasteiger partial charge in [0.05, 0.1) is 12.1 Å². The first-order chi connectivity index (χ1) is 5.94. The molecule has 1 heterocycles. The van der Waals surface area contributed by atoms with Gasteiger partial charge in [-0.2, -0.15) is 8.78 Å². The SMILES string of the molecule is O=C(O)C(F)(F)C1=COC(Cl)=NC1. The van der Waals surface area contributed by atoms with E-state index in [1.807, 2.05) is 0 Å². The molecule has 0 atom stereocenters. The number of aliphatic carboxylic acids is 1. The van der Waals surface area contributed by atoms with Gasteiger partial charge in [0.25, 0.3) is 5.36 Å². The van der Waals surface area contributed by atoms with E-state index < -0.39 is 24.0 Å². The van der Waals surface area contributed by atoms with Crippen LogP contribution in [0.1, 0.15) is 0 Å². The monoisotopic (exact) mass is 211 g/mol. The Labute approximate surface area is 76.5 Å². The molecule has 1 aliphatic heterocycles. The maximum Gasteiger partial charge on any atom is 0.379 e. The molecule has 0 bridgehead atoms. The highest BCUT2D eigenvalue weighted by atomic mass is 35.5. The van der Waals surface area contributed by atoms with Crippen LogP contribution in [-0.4, -0.2) is 28.9 Å². The molecule has 0 saturated heterocycles. The quantitative estimate of drug-likeness (QED) is 0.747. The molecule has 7 heteroatoms. The zero-order valence-corrected chi connectivity index (χ0v) is 6.89. The van der Waals surface area contributed by atoms with Crippen molar-refractivity contribution >= 4 is 22.9 Å². The van der Waals surface area contributed by atoms with Gasteiger partial charge in [0.2, 0.25) is 0 Å². The molecule has 72 valence electrons. The predicted octanol–water partition coefficient (Wildman–Crippen LogP) is 1.22. The van der Waals surface area contributed by atoms with Crippen LogP contribution in [0.5, 0.6) is 0 Å². The first-order valence-electron chi connectivity index (χ1n) is 3.12. The van der Waals surface area contributed by atoms with Crippen molar-refractivity contribution < 1.29 is 23.4 Å². The lowest BCUT2D eigenvalue weighted by molar-refractivity contribution is -0.159. The maximum atomic E-state index is 12.7. The number of halogens is 3. The van der Waals surface area contributed by atoms with E-state index in [-0.39, 0.29) is 5.36 Å². The van der Waals surface area contributed by atoms with E-state index in [1.165, 1.54) is 0 Å². The highest BCUT2D eigenvalue weighted by Gasteiger charge is 2.44. The number of rotatable bonds is 2. The van der Waals surface area contributed by atoms with Crippen LogP contribution < -0.4 is 0 Å². The zero-order chi connectivity index (χ0) is 10.1. The van der Waals surface area contributed by atoms with E-state index in [9.17, 15) is 13.6 Å². The molecule has 0 aliphatic carbocycles. The Morgan fingerprint density at radius 3 is 2.77 bits per heavy atom. The summed E-state index contributed by atoms with van der Waals surface area (Å²) in [5, 5.41) is 7.84. The lowest BCUT2D eigenvalue weighted by Gasteiger charge is -2.16. The number of nitrogens with zero attached hydrogens (tertiary/aromatic N) is 1. The molecule has 0 unspecified atom stereocenters. The van der Waals surface area contributed by atoms with Crippen LogP contribution in [0.4, 0.5) is 8.78 Å². The second kappa shape index (κ2) is 3.29. The lowest BCUT2D eigenvalue weighted by Crippen LogP contribution is -2.33. The Morgan fingerprint density at radius 1 is 1.77 bits per heavy atom. The third kappa shape index (κ3) is 1.95. The summed E-state index contributed by atoms with van der Waals surface area (Å²) in [4.78, 5) is 13.4. The first-order valence-corrected chi connectivity index (χ1v) is 3.49. The Bertz CT molecular complexity index is 300. The van der Waals surface area contributed by atoms with Gasteiger partial charge in [0.1, 0.15) is 6.26 Å². The van der Waals surface area contributed by atoms with Crippen molar-refractivity contribution in [2.75, 3.05) is 6.54 Å². The number of aliphatic imine (C=N–C) groups is 1. The van der Waals surface area contributed by atoms with Gasteiger partial charge in [-0.25, -0.2) is 9.79 Å². The fourth-order valence-corrected chi connectivity index (χ4v) is 0.757. The van der Waals surface area contributed by atoms with Gasteiger partial charge in [0, 0.05) is 0 Å². The number of hydrogen-bond acceptors (Lipinski definition) is 3. The van der Waals surface area contributed by atoms with Crippen molar-refractivity contribution in [1.82, 2.24) is 0 Å². The molecule has 1 N–H and O–H groups in total. The molecule has 0 radical (unpaired) electrons. The van der Waals surface area contributed by atoms with E-state index in [0.29, 0.717) is 6.26 Å². The summed E-state index contributed by atoms with van der Waals surface area (Å²) in [5.74, 6) is -6.20. The summed E-state index contributed by atoms with van der Waals surface area (Å²) in [6.07, 6.45) is 0.601. The van der Waals surface area contributed by atoms with Gasteiger partial charge in [-0.05, 0) is 11.6 Å². The Kier molecular flexibility index (Phi) is 2.51. The van der Waals surface area contributed by atoms with Crippen molar-refractivity contribution in [2.45, 2.75) is 5.92 Å². The average molecular weight is 212 g/mol. The van der Waals surface area contributed by atoms with Crippen LogP contribution in [0.2, 0.25) is 0 Å². The molecule has 0 aromatic carbocycles. The molecule has 0 spiro atoms. The number of carboxylic acid groups (broad SMARTS) is 1. The van der Waals surface area contributed by atoms with Crippen molar-refractivity contribution in [3.8, 4) is 0 Å². The summed E-state index contributed by atoms with van der Waals surface area (Å²) in [7, 11) is 0. The summed E-state index contributed by atoms with van der Waals surface area (Å²) < 4.78 is 29.7. The molecule has 4 nitrogen and oxygen atoms in total. The van der Waals surface area contributed by atoms with Gasteiger partial charge in [-0.3, -0.25) is 0 Å². The van der Waals surface area contributed by atoms with Crippen LogP contribution in [0.15, 0.2) is 16.8 Å². The molecule has 1 rings (SSSR count). The van der Waals surface area contributed by atoms with Crippen LogP contribution in [0.3, 0.4) is 0 Å². The highest BCUT2D eigenvalue weighted by Crippen LogP contribution is 2.26. The van der Waals surface area contributed by atoms with Crippen LogP contribution in [0.25, 0.3) is 0 Å². The number of hydrogen-bond donors (Lipinski definition) is 1. The Balaban J connectivity index is 2.81. The van der Waals surface area contributed by atoms with Gasteiger partial charge < -0.3 is 9.84 Å².